The van der Waals surface area contributed by atoms with Gasteiger partial charge in [0.15, 0.2) is 0 Å². The van der Waals surface area contributed by atoms with Gasteiger partial charge in [0.1, 0.15) is 6.61 Å². The predicted molar refractivity (Wildman–Crippen MR) is 98.9 cm³/mol. The molecule has 0 unspecified atom stereocenters. The van der Waals surface area contributed by atoms with Gasteiger partial charge in [0.25, 0.3) is 0 Å². The summed E-state index contributed by atoms with van der Waals surface area (Å²) >= 11 is 0. The number of rotatable bonds is 3. The summed E-state index contributed by atoms with van der Waals surface area (Å²) in [5.41, 5.74) is 3.11. The van der Waals surface area contributed by atoms with Crippen molar-refractivity contribution in [2.75, 3.05) is 18.0 Å². The second-order valence-electron chi connectivity index (χ2n) is 6.83. The number of piperidine rings is 1. The highest BCUT2D eigenvalue weighted by molar-refractivity contribution is 6.01. The molecule has 0 radical (unpaired) electrons. The van der Waals surface area contributed by atoms with Crippen LogP contribution in [0.2, 0.25) is 0 Å². The molecule has 26 heavy (non-hydrogen) atoms. The van der Waals surface area contributed by atoms with Crippen LogP contribution in [0.5, 0.6) is 0 Å². The standard InChI is InChI=1S/C21H22N2O3/c24-20-14-17-8-4-5-9-19(17)23(20)18-10-12-22(13-11-18)21(25)26-15-16-6-2-1-3-7-16/h1-9,18H,10-15H2. The summed E-state index contributed by atoms with van der Waals surface area (Å²) in [5, 5.41) is 0. The van der Waals surface area contributed by atoms with E-state index in [0.717, 1.165) is 29.7 Å². The minimum absolute atomic E-state index is 0.157. The number of carbonyl (C=O) groups is 2. The highest BCUT2D eigenvalue weighted by atomic mass is 16.6. The molecule has 5 nitrogen and oxygen atoms in total. The van der Waals surface area contributed by atoms with Gasteiger partial charge in [0.2, 0.25) is 5.91 Å². The maximum absolute atomic E-state index is 12.4. The highest BCUT2D eigenvalue weighted by Crippen LogP contribution is 2.33. The molecule has 2 aromatic carbocycles. The number of benzene rings is 2. The van der Waals surface area contributed by atoms with Crippen molar-refractivity contribution in [2.45, 2.75) is 31.9 Å². The second kappa shape index (κ2) is 7.20. The highest BCUT2D eigenvalue weighted by Gasteiger charge is 2.35. The molecule has 0 N–H and O–H groups in total. The van der Waals surface area contributed by atoms with Crippen LogP contribution >= 0.6 is 0 Å². The number of anilines is 1. The monoisotopic (exact) mass is 350 g/mol. The SMILES string of the molecule is O=C(OCc1ccccc1)N1CCC(N2C(=O)Cc3ccccc32)CC1. The molecular weight excluding hydrogens is 328 g/mol. The molecule has 0 bridgehead atoms. The Labute approximate surface area is 153 Å². The van der Waals surface area contributed by atoms with Crippen LogP contribution in [0.3, 0.4) is 0 Å². The second-order valence-corrected chi connectivity index (χ2v) is 6.83. The number of carbonyl (C=O) groups excluding carboxylic acids is 2. The van der Waals surface area contributed by atoms with E-state index >= 15 is 0 Å². The lowest BCUT2D eigenvalue weighted by molar-refractivity contribution is -0.118. The molecule has 2 aliphatic heterocycles. The quantitative estimate of drug-likeness (QED) is 0.853. The minimum Gasteiger partial charge on any atom is -0.445 e. The summed E-state index contributed by atoms with van der Waals surface area (Å²) in [4.78, 5) is 28.4. The number of hydrogen-bond acceptors (Lipinski definition) is 3. The van der Waals surface area contributed by atoms with E-state index in [1.807, 2.05) is 59.5 Å². The van der Waals surface area contributed by atoms with Crippen molar-refractivity contribution in [1.82, 2.24) is 4.90 Å². The van der Waals surface area contributed by atoms with Crippen LogP contribution in [-0.4, -0.2) is 36.0 Å². The van der Waals surface area contributed by atoms with Crippen LogP contribution in [0.4, 0.5) is 10.5 Å². The first-order valence-electron chi connectivity index (χ1n) is 9.08. The molecule has 2 heterocycles. The Hall–Kier alpha value is -2.82. The molecule has 1 fully saturated rings. The van der Waals surface area contributed by atoms with Crippen LogP contribution in [0, 0.1) is 0 Å². The molecule has 2 aromatic rings. The predicted octanol–water partition coefficient (Wildman–Crippen LogP) is 3.38. The summed E-state index contributed by atoms with van der Waals surface area (Å²) < 4.78 is 5.41. The molecule has 0 spiro atoms. The Balaban J connectivity index is 1.33. The maximum Gasteiger partial charge on any atom is 0.410 e. The number of fused-ring (bicyclic) bond motifs is 1. The van der Waals surface area contributed by atoms with Crippen molar-refractivity contribution in [2.24, 2.45) is 0 Å². The summed E-state index contributed by atoms with van der Waals surface area (Å²) in [7, 11) is 0. The van der Waals surface area contributed by atoms with Crippen molar-refractivity contribution < 1.29 is 14.3 Å². The first kappa shape index (κ1) is 16.6. The molecule has 0 atom stereocenters. The van der Waals surface area contributed by atoms with Crippen LogP contribution in [0.1, 0.15) is 24.0 Å². The van der Waals surface area contributed by atoms with E-state index in [0.29, 0.717) is 19.5 Å². The van der Waals surface area contributed by atoms with Crippen molar-refractivity contribution >= 4 is 17.7 Å². The fourth-order valence-electron chi connectivity index (χ4n) is 3.80. The number of amides is 2. The average Bonchev–Trinajstić information content (AvgIpc) is 3.03. The summed E-state index contributed by atoms with van der Waals surface area (Å²) in [6, 6.07) is 17.8. The molecule has 1 saturated heterocycles. The number of nitrogens with zero attached hydrogens (tertiary/aromatic N) is 2. The van der Waals surface area contributed by atoms with Crippen molar-refractivity contribution in [3.63, 3.8) is 0 Å². The number of hydrogen-bond donors (Lipinski definition) is 0. The zero-order valence-electron chi connectivity index (χ0n) is 14.6. The zero-order valence-corrected chi connectivity index (χ0v) is 14.6. The fraction of sp³-hybridized carbons (Fsp3) is 0.333. The van der Waals surface area contributed by atoms with Crippen molar-refractivity contribution in [1.29, 1.82) is 0 Å². The lowest BCUT2D eigenvalue weighted by Gasteiger charge is -2.36. The van der Waals surface area contributed by atoms with Crippen LogP contribution in [0.15, 0.2) is 54.6 Å². The largest absolute Gasteiger partial charge is 0.445 e. The zero-order chi connectivity index (χ0) is 17.9. The van der Waals surface area contributed by atoms with Crippen LogP contribution in [-0.2, 0) is 22.6 Å². The molecular formula is C21H22N2O3. The van der Waals surface area contributed by atoms with Crippen molar-refractivity contribution in [3.05, 3.63) is 65.7 Å². The molecule has 0 saturated carbocycles. The van der Waals surface area contributed by atoms with E-state index in [-0.39, 0.29) is 24.6 Å². The van der Waals surface area contributed by atoms with E-state index in [2.05, 4.69) is 0 Å². The van der Waals surface area contributed by atoms with E-state index in [1.165, 1.54) is 0 Å². The van der Waals surface area contributed by atoms with Gasteiger partial charge in [-0.3, -0.25) is 4.79 Å². The minimum atomic E-state index is -0.277. The van der Waals surface area contributed by atoms with E-state index in [9.17, 15) is 9.59 Å². The summed E-state index contributed by atoms with van der Waals surface area (Å²) in [5.74, 6) is 0.163. The van der Waals surface area contributed by atoms with Gasteiger partial charge in [0, 0.05) is 24.8 Å². The molecule has 4 rings (SSSR count). The molecule has 134 valence electrons. The van der Waals surface area contributed by atoms with E-state index in [4.69, 9.17) is 4.74 Å². The van der Waals surface area contributed by atoms with Gasteiger partial charge in [-0.1, -0.05) is 48.5 Å². The lowest BCUT2D eigenvalue weighted by atomic mass is 10.0. The number of ether oxygens (including phenoxy) is 1. The van der Waals surface area contributed by atoms with Gasteiger partial charge in [-0.25, -0.2) is 4.79 Å². The Morgan fingerprint density at radius 2 is 1.69 bits per heavy atom. The third-order valence-electron chi connectivity index (χ3n) is 5.15. The number of likely N-dealkylation sites (tertiary alicyclic amines) is 1. The van der Waals surface area contributed by atoms with Gasteiger partial charge in [-0.2, -0.15) is 0 Å². The number of para-hydroxylation sites is 1. The molecule has 2 aliphatic rings. The average molecular weight is 350 g/mol. The summed E-state index contributed by atoms with van der Waals surface area (Å²) in [6.45, 7) is 1.52. The molecule has 5 heteroatoms. The third kappa shape index (κ3) is 3.29. The first-order chi connectivity index (χ1) is 12.7. The van der Waals surface area contributed by atoms with Crippen molar-refractivity contribution in [3.8, 4) is 0 Å². The maximum atomic E-state index is 12.4. The Morgan fingerprint density at radius 3 is 2.46 bits per heavy atom. The Kier molecular flexibility index (Phi) is 4.61. The van der Waals surface area contributed by atoms with E-state index in [1.54, 1.807) is 4.90 Å². The summed E-state index contributed by atoms with van der Waals surface area (Å²) in [6.07, 6.45) is 1.76. The smallest absolute Gasteiger partial charge is 0.410 e. The molecule has 0 aliphatic carbocycles. The normalized spacial score (nSPS) is 17.3. The first-order valence-corrected chi connectivity index (χ1v) is 9.08. The van der Waals surface area contributed by atoms with Gasteiger partial charge in [0.05, 0.1) is 6.42 Å². The Bertz CT molecular complexity index is 798. The van der Waals surface area contributed by atoms with E-state index < -0.39 is 0 Å². The van der Waals surface area contributed by atoms with Crippen LogP contribution in [0.25, 0.3) is 0 Å². The Morgan fingerprint density at radius 1 is 1.00 bits per heavy atom. The van der Waals surface area contributed by atoms with Crippen LogP contribution < -0.4 is 4.90 Å². The topological polar surface area (TPSA) is 49.9 Å². The molecule has 2 amide bonds. The van der Waals surface area contributed by atoms with Gasteiger partial charge in [-0.05, 0) is 30.0 Å². The van der Waals surface area contributed by atoms with Gasteiger partial charge in [-0.15, -0.1) is 0 Å². The van der Waals surface area contributed by atoms with Gasteiger partial charge >= 0.3 is 6.09 Å². The lowest BCUT2D eigenvalue weighted by Crippen LogP contribution is -2.48. The molecule has 0 aromatic heterocycles. The third-order valence-corrected chi connectivity index (χ3v) is 5.15. The fourth-order valence-corrected chi connectivity index (χ4v) is 3.80. The van der Waals surface area contributed by atoms with Gasteiger partial charge < -0.3 is 14.5 Å².